The molecule has 3 heterocycles. The minimum atomic E-state index is -3.75. The average Bonchev–Trinajstić information content (AvgIpc) is 3.69. The second-order valence-electron chi connectivity index (χ2n) is 20.1. The zero-order chi connectivity index (χ0) is 53.0. The fourth-order valence-electron chi connectivity index (χ4n) is 10.6. The summed E-state index contributed by atoms with van der Waals surface area (Å²) in [6, 6.07) is 35.3. The fourth-order valence-corrected chi connectivity index (χ4v) is 16.2. The Morgan fingerprint density at radius 3 is 2.05 bits per heavy atom. The Balaban J connectivity index is 0.981. The van der Waals surface area contributed by atoms with Gasteiger partial charge in [-0.2, -0.15) is 0 Å². The molecule has 5 aromatic carbocycles. The van der Waals surface area contributed by atoms with E-state index >= 15 is 4.39 Å². The van der Waals surface area contributed by atoms with Gasteiger partial charge in [-0.3, -0.25) is 4.57 Å². The SMILES string of the molecule is CCOP(=O)(Cc1ccc(N2CCN(c3cc(F)cc(-c4c(S(C)(=O)=O)c(C)n(C(C)C)c4-c4ccc(Cl)cc4)c3)CC2)cc1)c1ccc(C[C@H](CCN2CCC(O)CC2)CSc2ccccc2)c(S(C)(=O)=O)c1. The summed E-state index contributed by atoms with van der Waals surface area (Å²) in [6.07, 6.45) is 5.18. The van der Waals surface area contributed by atoms with Crippen molar-refractivity contribution in [3.05, 3.63) is 143 Å². The van der Waals surface area contributed by atoms with Crippen molar-refractivity contribution >= 4 is 67.1 Å². The van der Waals surface area contributed by atoms with Crippen molar-refractivity contribution in [2.45, 2.75) is 86.4 Å². The van der Waals surface area contributed by atoms with Gasteiger partial charge in [-0.15, -0.1) is 11.8 Å². The van der Waals surface area contributed by atoms with Gasteiger partial charge in [0.1, 0.15) is 5.82 Å². The van der Waals surface area contributed by atoms with Crippen LogP contribution in [0, 0.1) is 18.7 Å². The summed E-state index contributed by atoms with van der Waals surface area (Å²) in [5.41, 5.74) is 6.09. The molecular weight excluding hydrogens is 1030 g/mol. The molecule has 0 aliphatic carbocycles. The molecule has 1 unspecified atom stereocenters. The molecule has 2 aliphatic heterocycles. The van der Waals surface area contributed by atoms with Crippen molar-refractivity contribution in [1.29, 1.82) is 0 Å². The number of piperidine rings is 1. The molecule has 1 aromatic heterocycles. The molecule has 8 rings (SSSR count). The van der Waals surface area contributed by atoms with Crippen LogP contribution >= 0.6 is 30.7 Å². The molecule has 396 valence electrons. The number of likely N-dealkylation sites (tertiary alicyclic amines) is 1. The van der Waals surface area contributed by atoms with Crippen LogP contribution in [0.3, 0.4) is 0 Å². The van der Waals surface area contributed by atoms with Gasteiger partial charge in [0.05, 0.1) is 34.4 Å². The summed E-state index contributed by atoms with van der Waals surface area (Å²) in [7, 11) is -11.0. The van der Waals surface area contributed by atoms with Gasteiger partial charge >= 0.3 is 0 Å². The van der Waals surface area contributed by atoms with E-state index in [0.717, 1.165) is 66.4 Å². The number of nitrogens with zero attached hydrogens (tertiary/aromatic N) is 4. The third-order valence-corrected chi connectivity index (χ3v) is 20.7. The summed E-state index contributed by atoms with van der Waals surface area (Å²) < 4.78 is 93.1. The topological polar surface area (TPSA) is 129 Å². The number of anilines is 2. The zero-order valence-corrected chi connectivity index (χ0v) is 47.3. The van der Waals surface area contributed by atoms with Crippen LogP contribution in [0.2, 0.25) is 5.02 Å². The Labute approximate surface area is 447 Å². The number of aliphatic hydroxyl groups is 1. The minimum Gasteiger partial charge on any atom is -0.393 e. The van der Waals surface area contributed by atoms with E-state index in [0.29, 0.717) is 76.7 Å². The van der Waals surface area contributed by atoms with Crippen molar-refractivity contribution in [2.24, 2.45) is 5.92 Å². The molecule has 2 fully saturated rings. The molecule has 11 nitrogen and oxygen atoms in total. The van der Waals surface area contributed by atoms with E-state index in [2.05, 4.69) is 26.8 Å². The van der Waals surface area contributed by atoms with Crippen LogP contribution in [-0.2, 0) is 41.3 Å². The van der Waals surface area contributed by atoms with Crippen LogP contribution < -0.4 is 15.1 Å². The van der Waals surface area contributed by atoms with Gasteiger partial charge in [0.15, 0.2) is 19.7 Å². The van der Waals surface area contributed by atoms with Gasteiger partial charge in [-0.25, -0.2) is 21.2 Å². The highest BCUT2D eigenvalue weighted by molar-refractivity contribution is 7.99. The quantitative estimate of drug-likeness (QED) is 0.0579. The van der Waals surface area contributed by atoms with Crippen LogP contribution in [0.4, 0.5) is 15.8 Å². The molecule has 74 heavy (non-hydrogen) atoms. The number of aliphatic hydroxyl groups excluding tert-OH is 1. The lowest BCUT2D eigenvalue weighted by atomic mass is 9.97. The maximum absolute atomic E-state index is 15.8. The van der Waals surface area contributed by atoms with Crippen molar-refractivity contribution in [3.63, 3.8) is 0 Å². The number of aromatic nitrogens is 1. The van der Waals surface area contributed by atoms with Gasteiger partial charge in [-0.05, 0) is 155 Å². The predicted octanol–water partition coefficient (Wildman–Crippen LogP) is 11.6. The highest BCUT2D eigenvalue weighted by Gasteiger charge is 2.32. The maximum Gasteiger partial charge on any atom is 0.236 e. The number of hydrogen-bond donors (Lipinski definition) is 1. The highest BCUT2D eigenvalue weighted by atomic mass is 35.5. The largest absolute Gasteiger partial charge is 0.393 e. The van der Waals surface area contributed by atoms with Gasteiger partial charge in [0, 0.05) is 101 Å². The van der Waals surface area contributed by atoms with Crippen molar-refractivity contribution < 1.29 is 35.4 Å². The van der Waals surface area contributed by atoms with Crippen molar-refractivity contribution in [1.82, 2.24) is 9.47 Å². The number of piperazine rings is 1. The summed E-state index contributed by atoms with van der Waals surface area (Å²) in [4.78, 5) is 8.25. The fraction of sp³-hybridized carbons (Fsp3) is 0.404. The van der Waals surface area contributed by atoms with Crippen LogP contribution in [0.5, 0.6) is 0 Å². The minimum absolute atomic E-state index is 0.0844. The van der Waals surface area contributed by atoms with Gasteiger partial charge in [0.2, 0.25) is 7.37 Å². The van der Waals surface area contributed by atoms with Crippen LogP contribution in [0.1, 0.15) is 62.9 Å². The summed E-state index contributed by atoms with van der Waals surface area (Å²) in [5.74, 6) is 0.501. The molecule has 0 amide bonds. The van der Waals surface area contributed by atoms with Gasteiger partial charge < -0.3 is 28.9 Å². The molecule has 2 atom stereocenters. The Morgan fingerprint density at radius 2 is 1.45 bits per heavy atom. The standard InChI is InChI=1S/C57H69ClFN4O7PS3/c1-7-70-71(65,52-22-17-45(54(37-52)73(5,66)67)33-43(39-72-53-11-9-8-10-12-53)23-26-60-27-24-51(64)25-28-60)38-42-13-20-49(21-14-42)61-29-31-62(32-30-61)50-35-46(34-48(59)36-50)55-56(44-15-18-47(58)19-16-44)63(40(2)3)41(4)57(55)74(6,68)69/h8-22,34-37,40,43,51,64H,7,23-33,38-39H2,1-6H3/t43-,71?/m0/s1. The predicted molar refractivity (Wildman–Crippen MR) is 302 cm³/mol. The molecule has 0 radical (unpaired) electrons. The number of halogens is 2. The first kappa shape index (κ1) is 55.8. The Kier molecular flexibility index (Phi) is 18.0. The number of sulfone groups is 2. The Morgan fingerprint density at radius 1 is 0.797 bits per heavy atom. The molecule has 0 saturated carbocycles. The molecule has 6 aromatic rings. The van der Waals surface area contributed by atoms with Crippen molar-refractivity contribution in [3.8, 4) is 22.4 Å². The van der Waals surface area contributed by atoms with E-state index < -0.39 is 32.9 Å². The summed E-state index contributed by atoms with van der Waals surface area (Å²) in [6.45, 7) is 12.7. The lowest BCUT2D eigenvalue weighted by Gasteiger charge is -2.37. The van der Waals surface area contributed by atoms with Crippen LogP contribution in [-0.4, -0.2) is 108 Å². The molecule has 1 N–H and O–H groups in total. The van der Waals surface area contributed by atoms with Crippen molar-refractivity contribution in [2.75, 3.05) is 80.5 Å². The van der Waals surface area contributed by atoms with E-state index in [4.69, 9.17) is 16.1 Å². The summed E-state index contributed by atoms with van der Waals surface area (Å²) >= 11 is 8.05. The van der Waals surface area contributed by atoms with E-state index in [9.17, 15) is 26.5 Å². The monoisotopic (exact) mass is 1100 g/mol. The smallest absolute Gasteiger partial charge is 0.236 e. The number of benzene rings is 5. The Hall–Kier alpha value is -4.44. The van der Waals surface area contributed by atoms with E-state index in [1.807, 2.05) is 85.1 Å². The maximum atomic E-state index is 15.8. The molecule has 2 saturated heterocycles. The lowest BCUT2D eigenvalue weighted by Crippen LogP contribution is -2.46. The van der Waals surface area contributed by atoms with Gasteiger partial charge in [0.25, 0.3) is 0 Å². The number of rotatable bonds is 20. The normalized spacial score (nSPS) is 16.5. The number of hydrogen-bond acceptors (Lipinski definition) is 11. The second kappa shape index (κ2) is 23.8. The highest BCUT2D eigenvalue weighted by Crippen LogP contribution is 2.50. The van der Waals surface area contributed by atoms with Crippen LogP contribution in [0.15, 0.2) is 130 Å². The Bertz CT molecular complexity index is 3180. The third kappa shape index (κ3) is 13.4. The van der Waals surface area contributed by atoms with E-state index in [1.165, 1.54) is 24.6 Å². The molecule has 0 bridgehead atoms. The number of thioether (sulfide) groups is 1. The van der Waals surface area contributed by atoms with E-state index in [-0.39, 0.29) is 40.6 Å². The average molecular weight is 1100 g/mol. The second-order valence-corrected chi connectivity index (χ2v) is 28.0. The van der Waals surface area contributed by atoms with Gasteiger partial charge in [-0.1, -0.05) is 60.1 Å². The summed E-state index contributed by atoms with van der Waals surface area (Å²) in [5, 5.41) is 11.0. The molecule has 17 heteroatoms. The van der Waals surface area contributed by atoms with E-state index in [1.54, 1.807) is 49.9 Å². The van der Waals surface area contributed by atoms with Crippen LogP contribution in [0.25, 0.3) is 22.4 Å². The first-order valence-corrected chi connectivity index (χ1v) is 32.4. The lowest BCUT2D eigenvalue weighted by molar-refractivity contribution is 0.0802. The molecule has 0 spiro atoms. The molecular formula is C57H69ClFN4O7PS3. The first-order chi connectivity index (χ1) is 35.2. The third-order valence-electron chi connectivity index (χ3n) is 14.2. The molecule has 2 aliphatic rings. The zero-order valence-electron chi connectivity index (χ0n) is 43.2. The first-order valence-electron chi connectivity index (χ1n) is 25.5.